The SMILES string of the molecule is CC1=Cc2cc3ccccc3cc2[CH]1[Zr]([CH]1C(C)=Cc2cc3ccccc3cc21)[SiH](C)C. The zero-order valence-electron chi connectivity index (χ0n) is 19.3. The molecular formula is C30H29SiZr. The van der Waals surface area contributed by atoms with Crippen LogP contribution in [0.2, 0.25) is 13.1 Å². The van der Waals surface area contributed by atoms with Gasteiger partial charge in [0.2, 0.25) is 0 Å². The third kappa shape index (κ3) is 3.18. The first-order valence-electron chi connectivity index (χ1n) is 11.8. The Bertz CT molecular complexity index is 1330. The van der Waals surface area contributed by atoms with Crippen LogP contribution in [-0.4, -0.2) is 5.92 Å². The summed E-state index contributed by atoms with van der Waals surface area (Å²) in [5, 5.41) is 5.54. The fourth-order valence-corrected chi connectivity index (χ4v) is 29.4. The number of rotatable bonds is 3. The van der Waals surface area contributed by atoms with E-state index in [9.17, 15) is 0 Å². The summed E-state index contributed by atoms with van der Waals surface area (Å²) in [5.74, 6) is -0.796. The van der Waals surface area contributed by atoms with E-state index < -0.39 is 26.8 Å². The van der Waals surface area contributed by atoms with Crippen molar-refractivity contribution in [2.45, 2.75) is 34.2 Å². The van der Waals surface area contributed by atoms with Crippen LogP contribution < -0.4 is 0 Å². The first kappa shape index (κ1) is 20.6. The summed E-state index contributed by atoms with van der Waals surface area (Å²) >= 11 is -1.92. The van der Waals surface area contributed by atoms with Crippen molar-refractivity contribution in [3.63, 3.8) is 0 Å². The summed E-state index contributed by atoms with van der Waals surface area (Å²) in [6, 6.07) is 27.7. The van der Waals surface area contributed by atoms with Crippen molar-refractivity contribution >= 4 is 39.6 Å². The minimum absolute atomic E-state index is 0.717. The molecule has 0 N–H and O–H groups in total. The van der Waals surface area contributed by atoms with Gasteiger partial charge in [-0.3, -0.25) is 0 Å². The van der Waals surface area contributed by atoms with Crippen LogP contribution in [0.4, 0.5) is 0 Å². The predicted molar refractivity (Wildman–Crippen MR) is 140 cm³/mol. The van der Waals surface area contributed by atoms with Crippen molar-refractivity contribution in [3.05, 3.63) is 106 Å². The Morgan fingerprint density at radius 3 is 1.34 bits per heavy atom. The van der Waals surface area contributed by atoms with Gasteiger partial charge in [0.05, 0.1) is 0 Å². The van der Waals surface area contributed by atoms with Crippen molar-refractivity contribution in [1.82, 2.24) is 0 Å². The molecule has 0 bridgehead atoms. The summed E-state index contributed by atoms with van der Waals surface area (Å²) in [6.07, 6.45) is 5.03. The summed E-state index contributed by atoms with van der Waals surface area (Å²) in [5.41, 5.74) is 9.51. The van der Waals surface area contributed by atoms with Crippen molar-refractivity contribution < 1.29 is 20.9 Å². The van der Waals surface area contributed by atoms with Crippen LogP contribution >= 0.6 is 0 Å². The minimum atomic E-state index is -1.92. The van der Waals surface area contributed by atoms with Crippen LogP contribution in [0.25, 0.3) is 33.7 Å². The first-order valence-corrected chi connectivity index (χ1v) is 21.8. The second-order valence-corrected chi connectivity index (χ2v) is 30.0. The summed E-state index contributed by atoms with van der Waals surface area (Å²) in [4.78, 5) is 0. The number of fused-ring (bicyclic) bond motifs is 4. The van der Waals surface area contributed by atoms with Gasteiger partial charge >= 0.3 is 201 Å². The van der Waals surface area contributed by atoms with Crippen LogP contribution in [-0.2, 0) is 20.9 Å². The molecule has 0 aliphatic heterocycles. The van der Waals surface area contributed by atoms with E-state index in [-0.39, 0.29) is 0 Å². The molecular weight excluding hydrogens is 480 g/mol. The molecule has 2 atom stereocenters. The van der Waals surface area contributed by atoms with Gasteiger partial charge in [0, 0.05) is 0 Å². The Hall–Kier alpha value is -2.02. The average Bonchev–Trinajstić information content (AvgIpc) is 3.26. The Kier molecular flexibility index (Phi) is 5.01. The zero-order valence-corrected chi connectivity index (χ0v) is 22.9. The van der Waals surface area contributed by atoms with Crippen LogP contribution in [0.3, 0.4) is 0 Å². The molecule has 4 aromatic rings. The Balaban J connectivity index is 1.51. The van der Waals surface area contributed by atoms with Gasteiger partial charge in [0.1, 0.15) is 0 Å². The van der Waals surface area contributed by atoms with E-state index >= 15 is 0 Å². The monoisotopic (exact) mass is 507 g/mol. The molecule has 0 saturated carbocycles. The van der Waals surface area contributed by atoms with Crippen molar-refractivity contribution in [1.29, 1.82) is 0 Å². The van der Waals surface area contributed by atoms with Crippen molar-refractivity contribution in [2.24, 2.45) is 0 Å². The molecule has 2 aliphatic carbocycles. The quantitative estimate of drug-likeness (QED) is 0.245. The standard InChI is InChI=1S/2C14H11.C2H7Si.Zr/c2*1-10-6-13-8-11-4-2-3-5-12(11)9-14(13)7-10;1-3-2;/h2*2-9H,1H3;3H,1-2H3;. The van der Waals surface area contributed by atoms with E-state index in [1.54, 1.807) is 22.3 Å². The molecule has 0 nitrogen and oxygen atoms in total. The van der Waals surface area contributed by atoms with Crippen LogP contribution in [0.5, 0.6) is 0 Å². The molecule has 2 heteroatoms. The maximum absolute atomic E-state index is 2.65. The topological polar surface area (TPSA) is 0 Å². The molecule has 2 unspecified atom stereocenters. The second kappa shape index (κ2) is 7.79. The van der Waals surface area contributed by atoms with Crippen LogP contribution in [0.15, 0.2) is 83.9 Å². The molecule has 0 spiro atoms. The molecule has 0 radical (unpaired) electrons. The molecule has 0 amide bonds. The van der Waals surface area contributed by atoms with Gasteiger partial charge in [0.25, 0.3) is 0 Å². The predicted octanol–water partition coefficient (Wildman–Crippen LogP) is 8.21. The number of benzene rings is 4. The van der Waals surface area contributed by atoms with Gasteiger partial charge in [-0.05, 0) is 0 Å². The zero-order chi connectivity index (χ0) is 22.0. The molecule has 32 heavy (non-hydrogen) atoms. The Labute approximate surface area is 199 Å². The third-order valence-corrected chi connectivity index (χ3v) is 29.7. The number of hydrogen-bond donors (Lipinski definition) is 0. The third-order valence-electron chi connectivity index (χ3n) is 7.54. The summed E-state index contributed by atoms with van der Waals surface area (Å²) in [7, 11) is 0. The first-order chi connectivity index (χ1) is 15.5. The van der Waals surface area contributed by atoms with Crippen LogP contribution in [0.1, 0.15) is 43.4 Å². The molecule has 157 valence electrons. The number of hydrogen-bond acceptors (Lipinski definition) is 0. The van der Waals surface area contributed by atoms with E-state index in [2.05, 4.69) is 112 Å². The average molecular weight is 509 g/mol. The second-order valence-electron chi connectivity index (χ2n) is 9.95. The molecule has 0 saturated heterocycles. The normalized spacial score (nSPS) is 19.3. The van der Waals surface area contributed by atoms with Crippen molar-refractivity contribution in [2.75, 3.05) is 0 Å². The Morgan fingerprint density at radius 1 is 0.594 bits per heavy atom. The van der Waals surface area contributed by atoms with Gasteiger partial charge in [0.15, 0.2) is 0 Å². The summed E-state index contributed by atoms with van der Waals surface area (Å²) in [6.45, 7) is 10.1. The fraction of sp³-hybridized carbons (Fsp3) is 0.200. The van der Waals surface area contributed by atoms with Crippen molar-refractivity contribution in [3.8, 4) is 0 Å². The maximum atomic E-state index is 2.65. The van der Waals surface area contributed by atoms with Gasteiger partial charge in [-0.1, -0.05) is 0 Å². The van der Waals surface area contributed by atoms with Crippen LogP contribution in [0, 0.1) is 0 Å². The fourth-order valence-electron chi connectivity index (χ4n) is 6.17. The van der Waals surface area contributed by atoms with Gasteiger partial charge < -0.3 is 0 Å². The molecule has 4 aromatic carbocycles. The van der Waals surface area contributed by atoms with E-state index in [4.69, 9.17) is 0 Å². The molecule has 0 fully saturated rings. The van der Waals surface area contributed by atoms with Gasteiger partial charge in [-0.25, -0.2) is 0 Å². The molecule has 6 rings (SSSR count). The van der Waals surface area contributed by atoms with E-state index in [1.165, 1.54) is 32.7 Å². The van der Waals surface area contributed by atoms with Gasteiger partial charge in [-0.2, -0.15) is 0 Å². The molecule has 0 aromatic heterocycles. The Morgan fingerprint density at radius 2 is 0.969 bits per heavy atom. The van der Waals surface area contributed by atoms with Gasteiger partial charge in [-0.15, -0.1) is 0 Å². The number of allylic oxidation sites excluding steroid dienone is 2. The molecule has 2 aliphatic rings. The van der Waals surface area contributed by atoms with E-state index in [0.29, 0.717) is 0 Å². The molecule has 0 heterocycles. The van der Waals surface area contributed by atoms with E-state index in [0.717, 1.165) is 7.25 Å². The summed E-state index contributed by atoms with van der Waals surface area (Å²) < 4.78 is 1.43. The van der Waals surface area contributed by atoms with E-state index in [1.807, 2.05) is 0 Å².